The van der Waals surface area contributed by atoms with Crippen LogP contribution in [0.3, 0.4) is 0 Å². The largest absolute Gasteiger partial charge is 0.497 e. The Morgan fingerprint density at radius 3 is 2.79 bits per heavy atom. The summed E-state index contributed by atoms with van der Waals surface area (Å²) in [4.78, 5) is 30.8. The summed E-state index contributed by atoms with van der Waals surface area (Å²) in [6.45, 7) is 2.66. The van der Waals surface area contributed by atoms with E-state index in [4.69, 9.17) is 9.47 Å². The highest BCUT2D eigenvalue weighted by molar-refractivity contribution is 7.99. The van der Waals surface area contributed by atoms with Gasteiger partial charge >= 0.3 is 5.97 Å². The molecular weight excluding hydrogens is 380 g/mol. The number of thioether (sulfide) groups is 1. The zero-order valence-corrected chi connectivity index (χ0v) is 16.8. The second-order valence-electron chi connectivity index (χ2n) is 6.33. The Balaban J connectivity index is 1.59. The van der Waals surface area contributed by atoms with E-state index in [1.165, 1.54) is 11.8 Å². The number of nitrogens with one attached hydrogen (secondary N) is 1. The van der Waals surface area contributed by atoms with Crippen LogP contribution in [0.2, 0.25) is 0 Å². The number of carbonyl (C=O) groups is 2. The molecule has 1 aliphatic heterocycles. The lowest BCUT2D eigenvalue weighted by molar-refractivity contribution is -0.155. The Bertz CT molecular complexity index is 809. The lowest BCUT2D eigenvalue weighted by Crippen LogP contribution is -2.49. The Morgan fingerprint density at radius 1 is 1.29 bits per heavy atom. The van der Waals surface area contributed by atoms with Crippen LogP contribution < -0.4 is 4.74 Å². The summed E-state index contributed by atoms with van der Waals surface area (Å²) in [6.07, 6.45) is 2.47. The highest BCUT2D eigenvalue weighted by Gasteiger charge is 2.33. The molecule has 2 aromatic rings. The number of amides is 1. The minimum absolute atomic E-state index is 0.0986. The second kappa shape index (κ2) is 9.59. The summed E-state index contributed by atoms with van der Waals surface area (Å²) >= 11 is 1.25. The summed E-state index contributed by atoms with van der Waals surface area (Å²) in [7, 11) is 1.62. The van der Waals surface area contributed by atoms with Crippen molar-refractivity contribution in [3.63, 3.8) is 0 Å². The molecular formula is C19H24N4O4S. The van der Waals surface area contributed by atoms with E-state index in [1.54, 1.807) is 18.9 Å². The molecule has 1 amide bonds. The van der Waals surface area contributed by atoms with Crippen molar-refractivity contribution in [3.05, 3.63) is 24.3 Å². The summed E-state index contributed by atoms with van der Waals surface area (Å²) in [6, 6.07) is 6.98. The normalized spacial score (nSPS) is 16.6. The van der Waals surface area contributed by atoms with Crippen LogP contribution in [0.5, 0.6) is 5.75 Å². The van der Waals surface area contributed by atoms with Gasteiger partial charge in [0.05, 0.1) is 19.5 Å². The van der Waals surface area contributed by atoms with Crippen molar-refractivity contribution in [2.45, 2.75) is 37.4 Å². The van der Waals surface area contributed by atoms with Gasteiger partial charge in [-0.05, 0) is 50.5 Å². The van der Waals surface area contributed by atoms with Crippen LogP contribution in [0.1, 0.15) is 26.2 Å². The van der Waals surface area contributed by atoms with Crippen LogP contribution in [-0.4, -0.2) is 64.0 Å². The zero-order chi connectivity index (χ0) is 19.9. The quantitative estimate of drug-likeness (QED) is 0.559. The Kier molecular flexibility index (Phi) is 6.91. The van der Waals surface area contributed by atoms with Gasteiger partial charge in [-0.1, -0.05) is 11.8 Å². The summed E-state index contributed by atoms with van der Waals surface area (Å²) in [5.74, 6) is 1.15. The summed E-state index contributed by atoms with van der Waals surface area (Å²) in [5.41, 5.74) is 0.880. The first-order chi connectivity index (χ1) is 13.6. The number of hydrogen-bond donors (Lipinski definition) is 1. The molecule has 1 aliphatic rings. The minimum atomic E-state index is -0.483. The first-order valence-corrected chi connectivity index (χ1v) is 10.3. The van der Waals surface area contributed by atoms with Crippen LogP contribution in [0.15, 0.2) is 29.4 Å². The van der Waals surface area contributed by atoms with E-state index < -0.39 is 6.04 Å². The van der Waals surface area contributed by atoms with E-state index in [1.807, 2.05) is 24.3 Å². The van der Waals surface area contributed by atoms with E-state index >= 15 is 0 Å². The van der Waals surface area contributed by atoms with E-state index in [2.05, 4.69) is 15.2 Å². The Labute approximate surface area is 168 Å². The van der Waals surface area contributed by atoms with Gasteiger partial charge in [0.25, 0.3) is 0 Å². The molecule has 28 heavy (non-hydrogen) atoms. The lowest BCUT2D eigenvalue weighted by atomic mass is 10.0. The minimum Gasteiger partial charge on any atom is -0.497 e. The van der Waals surface area contributed by atoms with Gasteiger partial charge in [-0.3, -0.25) is 9.89 Å². The molecule has 1 atom stereocenters. The van der Waals surface area contributed by atoms with Crippen molar-refractivity contribution in [1.82, 2.24) is 20.1 Å². The number of hydrogen-bond acceptors (Lipinski definition) is 7. The number of rotatable bonds is 7. The first-order valence-electron chi connectivity index (χ1n) is 9.28. The molecule has 0 aliphatic carbocycles. The monoisotopic (exact) mass is 404 g/mol. The number of ether oxygens (including phenoxy) is 2. The molecule has 1 fully saturated rings. The molecule has 8 nitrogen and oxygen atoms in total. The van der Waals surface area contributed by atoms with Gasteiger partial charge in [-0.15, -0.1) is 5.10 Å². The van der Waals surface area contributed by atoms with E-state index in [0.29, 0.717) is 30.6 Å². The molecule has 0 radical (unpaired) electrons. The van der Waals surface area contributed by atoms with Crippen molar-refractivity contribution in [2.75, 3.05) is 26.0 Å². The maximum Gasteiger partial charge on any atom is 0.328 e. The van der Waals surface area contributed by atoms with Crippen molar-refractivity contribution in [1.29, 1.82) is 0 Å². The van der Waals surface area contributed by atoms with Crippen LogP contribution >= 0.6 is 11.8 Å². The van der Waals surface area contributed by atoms with Gasteiger partial charge in [0.15, 0.2) is 5.82 Å². The number of H-pyrrole nitrogens is 1. The zero-order valence-electron chi connectivity index (χ0n) is 16.0. The summed E-state index contributed by atoms with van der Waals surface area (Å²) in [5, 5.41) is 7.54. The summed E-state index contributed by atoms with van der Waals surface area (Å²) < 4.78 is 10.3. The molecule has 1 aromatic heterocycles. The average Bonchev–Trinajstić information content (AvgIpc) is 3.21. The van der Waals surface area contributed by atoms with Gasteiger partial charge in [-0.25, -0.2) is 9.78 Å². The molecule has 1 aromatic carbocycles. The smallest absolute Gasteiger partial charge is 0.328 e. The molecule has 1 saturated heterocycles. The number of carbonyl (C=O) groups excluding carboxylic acids is 2. The van der Waals surface area contributed by atoms with Crippen molar-refractivity contribution < 1.29 is 19.1 Å². The van der Waals surface area contributed by atoms with Gasteiger partial charge in [-0.2, -0.15) is 0 Å². The molecule has 150 valence electrons. The molecule has 0 unspecified atom stereocenters. The molecule has 1 N–H and O–H groups in total. The van der Waals surface area contributed by atoms with Gasteiger partial charge in [0.1, 0.15) is 11.8 Å². The van der Waals surface area contributed by atoms with Crippen LogP contribution in [0, 0.1) is 0 Å². The number of aromatic amines is 1. The van der Waals surface area contributed by atoms with E-state index in [0.717, 1.165) is 24.2 Å². The Hall–Kier alpha value is -2.55. The molecule has 2 heterocycles. The number of benzene rings is 1. The molecule has 0 bridgehead atoms. The van der Waals surface area contributed by atoms with Crippen molar-refractivity contribution in [2.24, 2.45) is 0 Å². The number of nitrogens with zero attached hydrogens (tertiary/aromatic N) is 3. The first kappa shape index (κ1) is 20.2. The fourth-order valence-corrected chi connectivity index (χ4v) is 3.80. The number of aromatic nitrogens is 3. The predicted octanol–water partition coefficient (Wildman–Crippen LogP) is 2.52. The van der Waals surface area contributed by atoms with Crippen LogP contribution in [0.25, 0.3) is 11.4 Å². The fourth-order valence-electron chi connectivity index (χ4n) is 3.11. The van der Waals surface area contributed by atoms with Crippen LogP contribution in [-0.2, 0) is 14.3 Å². The number of piperidine rings is 1. The van der Waals surface area contributed by atoms with Gasteiger partial charge < -0.3 is 14.4 Å². The standard InChI is InChI=1S/C19H24N4O4S/c1-3-27-18(25)15-6-4-5-11-23(15)16(24)12-28-19-20-17(21-22-19)13-7-9-14(26-2)10-8-13/h7-10,15H,3-6,11-12H2,1-2H3,(H,20,21,22)/t15-/m0/s1. The number of methoxy groups -OCH3 is 1. The third kappa shape index (κ3) is 4.83. The SMILES string of the molecule is CCOC(=O)[C@@H]1CCCCN1C(=O)CSc1n[nH]c(-c2ccc(OC)cc2)n1. The third-order valence-electron chi connectivity index (χ3n) is 4.53. The maximum absolute atomic E-state index is 12.7. The van der Waals surface area contributed by atoms with E-state index in [-0.39, 0.29) is 17.6 Å². The average molecular weight is 404 g/mol. The Morgan fingerprint density at radius 2 is 2.07 bits per heavy atom. The fraction of sp³-hybridized carbons (Fsp3) is 0.474. The maximum atomic E-state index is 12.7. The highest BCUT2D eigenvalue weighted by Crippen LogP contribution is 2.24. The molecule has 3 rings (SSSR count). The topological polar surface area (TPSA) is 97.4 Å². The lowest BCUT2D eigenvalue weighted by Gasteiger charge is -2.33. The number of esters is 1. The number of likely N-dealkylation sites (tertiary alicyclic amines) is 1. The highest BCUT2D eigenvalue weighted by atomic mass is 32.2. The molecule has 9 heteroatoms. The van der Waals surface area contributed by atoms with Crippen molar-refractivity contribution >= 4 is 23.6 Å². The second-order valence-corrected chi connectivity index (χ2v) is 7.28. The predicted molar refractivity (Wildman–Crippen MR) is 105 cm³/mol. The third-order valence-corrected chi connectivity index (χ3v) is 5.37. The molecule has 0 saturated carbocycles. The van der Waals surface area contributed by atoms with Crippen LogP contribution in [0.4, 0.5) is 0 Å². The molecule has 0 spiro atoms. The van der Waals surface area contributed by atoms with Crippen molar-refractivity contribution in [3.8, 4) is 17.1 Å². The van der Waals surface area contributed by atoms with Gasteiger partial charge in [0.2, 0.25) is 11.1 Å². The van der Waals surface area contributed by atoms with E-state index in [9.17, 15) is 9.59 Å². The van der Waals surface area contributed by atoms with Gasteiger partial charge in [0, 0.05) is 12.1 Å².